The number of thioether (sulfide) groups is 1. The molecule has 0 aliphatic rings. The van der Waals surface area contributed by atoms with Crippen molar-refractivity contribution in [2.75, 3.05) is 0 Å². The second-order valence-electron chi connectivity index (χ2n) is 5.14. The number of aromatic nitrogens is 3. The Labute approximate surface area is 121 Å². The molecule has 0 spiro atoms. The lowest BCUT2D eigenvalue weighted by molar-refractivity contribution is 0.425. The van der Waals surface area contributed by atoms with Gasteiger partial charge < -0.3 is 10.3 Å². The minimum Gasteiger partial charge on any atom is -0.333 e. The van der Waals surface area contributed by atoms with E-state index in [0.29, 0.717) is 12.4 Å². The van der Waals surface area contributed by atoms with Gasteiger partial charge in [0.05, 0.1) is 11.4 Å². The SMILES string of the molecule is Cc1nc(CN)sc1-c1nc(CSC(C)(C)C)no1. The number of rotatable bonds is 4. The van der Waals surface area contributed by atoms with Crippen molar-refractivity contribution in [3.63, 3.8) is 0 Å². The van der Waals surface area contributed by atoms with Gasteiger partial charge in [-0.1, -0.05) is 25.9 Å². The van der Waals surface area contributed by atoms with E-state index in [1.54, 1.807) is 11.8 Å². The smallest absolute Gasteiger partial charge is 0.269 e. The van der Waals surface area contributed by atoms with Crippen LogP contribution in [0, 0.1) is 6.92 Å². The van der Waals surface area contributed by atoms with E-state index in [4.69, 9.17) is 10.3 Å². The second kappa shape index (κ2) is 5.60. The van der Waals surface area contributed by atoms with Crippen LogP contribution >= 0.6 is 23.1 Å². The molecule has 0 unspecified atom stereocenters. The van der Waals surface area contributed by atoms with Crippen LogP contribution in [0.5, 0.6) is 0 Å². The van der Waals surface area contributed by atoms with Gasteiger partial charge in [-0.25, -0.2) is 4.98 Å². The van der Waals surface area contributed by atoms with E-state index in [1.807, 2.05) is 6.92 Å². The maximum Gasteiger partial charge on any atom is 0.269 e. The number of thiazole rings is 1. The summed E-state index contributed by atoms with van der Waals surface area (Å²) in [5.41, 5.74) is 6.48. The van der Waals surface area contributed by atoms with Gasteiger partial charge in [-0.3, -0.25) is 0 Å². The van der Waals surface area contributed by atoms with Crippen molar-refractivity contribution in [3.8, 4) is 10.8 Å². The molecule has 0 aliphatic heterocycles. The molecule has 2 N–H and O–H groups in total. The maximum atomic E-state index is 5.59. The maximum absolute atomic E-state index is 5.59. The lowest BCUT2D eigenvalue weighted by Crippen LogP contribution is -2.07. The summed E-state index contributed by atoms with van der Waals surface area (Å²) in [4.78, 5) is 9.70. The van der Waals surface area contributed by atoms with E-state index in [2.05, 4.69) is 35.9 Å². The highest BCUT2D eigenvalue weighted by molar-refractivity contribution is 7.99. The highest BCUT2D eigenvalue weighted by Crippen LogP contribution is 2.30. The first kappa shape index (κ1) is 14.5. The Hall–Kier alpha value is -0.920. The zero-order valence-corrected chi connectivity index (χ0v) is 13.2. The summed E-state index contributed by atoms with van der Waals surface area (Å²) in [5, 5.41) is 4.90. The third kappa shape index (κ3) is 3.77. The van der Waals surface area contributed by atoms with Crippen molar-refractivity contribution in [1.29, 1.82) is 0 Å². The highest BCUT2D eigenvalue weighted by atomic mass is 32.2. The third-order valence-corrected chi connectivity index (χ3v) is 4.75. The Balaban J connectivity index is 2.14. The summed E-state index contributed by atoms with van der Waals surface area (Å²) in [6.07, 6.45) is 0. The van der Waals surface area contributed by atoms with Crippen molar-refractivity contribution >= 4 is 23.1 Å². The summed E-state index contributed by atoms with van der Waals surface area (Å²) in [6.45, 7) is 8.86. The Kier molecular flexibility index (Phi) is 4.27. The van der Waals surface area contributed by atoms with E-state index in [0.717, 1.165) is 27.2 Å². The van der Waals surface area contributed by atoms with Crippen LogP contribution in [-0.2, 0) is 12.3 Å². The van der Waals surface area contributed by atoms with Crippen LogP contribution in [0.3, 0.4) is 0 Å². The minimum atomic E-state index is 0.188. The normalized spacial score (nSPS) is 12.1. The molecule has 0 amide bonds. The van der Waals surface area contributed by atoms with Crippen LogP contribution < -0.4 is 5.73 Å². The van der Waals surface area contributed by atoms with Gasteiger partial charge in [0.1, 0.15) is 9.88 Å². The minimum absolute atomic E-state index is 0.188. The molecule has 2 aromatic rings. The van der Waals surface area contributed by atoms with Crippen molar-refractivity contribution in [1.82, 2.24) is 15.1 Å². The second-order valence-corrected chi connectivity index (χ2v) is 8.03. The molecule has 104 valence electrons. The summed E-state index contributed by atoms with van der Waals surface area (Å²) in [5.74, 6) is 2.01. The molecule has 0 saturated carbocycles. The van der Waals surface area contributed by atoms with E-state index in [9.17, 15) is 0 Å². The summed E-state index contributed by atoms with van der Waals surface area (Å²) >= 11 is 3.30. The number of hydrogen-bond donors (Lipinski definition) is 1. The van der Waals surface area contributed by atoms with Crippen LogP contribution in [0.1, 0.15) is 37.3 Å². The van der Waals surface area contributed by atoms with Crippen molar-refractivity contribution in [2.45, 2.75) is 44.7 Å². The first-order valence-corrected chi connectivity index (χ1v) is 7.82. The van der Waals surface area contributed by atoms with Crippen molar-refractivity contribution < 1.29 is 4.52 Å². The topological polar surface area (TPSA) is 77.8 Å². The fraction of sp³-hybridized carbons (Fsp3) is 0.583. The Bertz CT molecular complexity index is 556. The predicted molar refractivity (Wildman–Crippen MR) is 79.1 cm³/mol. The fourth-order valence-electron chi connectivity index (χ4n) is 1.42. The van der Waals surface area contributed by atoms with Gasteiger partial charge in [-0.15, -0.1) is 23.1 Å². The molecular formula is C12H18N4OS2. The molecule has 19 heavy (non-hydrogen) atoms. The average molecular weight is 298 g/mol. The molecule has 0 bridgehead atoms. The quantitative estimate of drug-likeness (QED) is 0.935. The third-order valence-electron chi connectivity index (χ3n) is 2.31. The number of aryl methyl sites for hydroxylation is 1. The van der Waals surface area contributed by atoms with Gasteiger partial charge in [-0.05, 0) is 6.92 Å². The molecule has 0 saturated heterocycles. The first-order chi connectivity index (χ1) is 8.89. The summed E-state index contributed by atoms with van der Waals surface area (Å²) in [6, 6.07) is 0. The van der Waals surface area contributed by atoms with Crippen LogP contribution in [0.2, 0.25) is 0 Å². The van der Waals surface area contributed by atoms with Gasteiger partial charge >= 0.3 is 0 Å². The van der Waals surface area contributed by atoms with Gasteiger partial charge in [-0.2, -0.15) is 4.98 Å². The molecule has 0 radical (unpaired) electrons. The lowest BCUT2D eigenvalue weighted by Gasteiger charge is -2.15. The summed E-state index contributed by atoms with van der Waals surface area (Å²) < 4.78 is 5.50. The molecule has 0 aliphatic carbocycles. The lowest BCUT2D eigenvalue weighted by atomic mass is 10.3. The fourth-order valence-corrected chi connectivity index (χ4v) is 2.97. The standard InChI is InChI=1S/C12H18N4OS2/c1-7-10(19-9(5-13)14-7)11-15-8(16-17-11)6-18-12(2,3)4/h5-6,13H2,1-4H3. The van der Waals surface area contributed by atoms with Crippen LogP contribution in [0.4, 0.5) is 0 Å². The van der Waals surface area contributed by atoms with E-state index in [-0.39, 0.29) is 4.75 Å². The number of nitrogens with zero attached hydrogens (tertiary/aromatic N) is 3. The monoisotopic (exact) mass is 298 g/mol. The Morgan fingerprint density at radius 2 is 2.05 bits per heavy atom. The van der Waals surface area contributed by atoms with Crippen LogP contribution in [0.15, 0.2) is 4.52 Å². The molecule has 0 fully saturated rings. The molecular weight excluding hydrogens is 280 g/mol. The van der Waals surface area contributed by atoms with Gasteiger partial charge in [0.2, 0.25) is 0 Å². The first-order valence-electron chi connectivity index (χ1n) is 6.02. The molecule has 0 atom stereocenters. The number of nitrogens with two attached hydrogens (primary N) is 1. The molecule has 2 rings (SSSR count). The zero-order valence-electron chi connectivity index (χ0n) is 11.6. The largest absolute Gasteiger partial charge is 0.333 e. The van der Waals surface area contributed by atoms with Crippen LogP contribution in [-0.4, -0.2) is 19.9 Å². The van der Waals surface area contributed by atoms with Gasteiger partial charge in [0.25, 0.3) is 5.89 Å². The van der Waals surface area contributed by atoms with Gasteiger partial charge in [0, 0.05) is 11.3 Å². The van der Waals surface area contributed by atoms with E-state index < -0.39 is 0 Å². The number of hydrogen-bond acceptors (Lipinski definition) is 7. The predicted octanol–water partition coefficient (Wildman–Crippen LogP) is 2.99. The molecule has 7 heteroatoms. The molecule has 2 aromatic heterocycles. The highest BCUT2D eigenvalue weighted by Gasteiger charge is 2.17. The van der Waals surface area contributed by atoms with E-state index in [1.165, 1.54) is 11.3 Å². The average Bonchev–Trinajstić information content (AvgIpc) is 2.91. The summed E-state index contributed by atoms with van der Waals surface area (Å²) in [7, 11) is 0. The molecule has 2 heterocycles. The van der Waals surface area contributed by atoms with Crippen molar-refractivity contribution in [3.05, 3.63) is 16.5 Å². The van der Waals surface area contributed by atoms with Crippen LogP contribution in [0.25, 0.3) is 10.8 Å². The van der Waals surface area contributed by atoms with E-state index >= 15 is 0 Å². The molecule has 5 nitrogen and oxygen atoms in total. The zero-order chi connectivity index (χ0) is 14.0. The Morgan fingerprint density at radius 1 is 1.32 bits per heavy atom. The molecule has 0 aromatic carbocycles. The van der Waals surface area contributed by atoms with Gasteiger partial charge in [0.15, 0.2) is 5.82 Å². The van der Waals surface area contributed by atoms with Crippen molar-refractivity contribution in [2.24, 2.45) is 5.73 Å². The Morgan fingerprint density at radius 3 is 2.63 bits per heavy atom.